The second-order valence-electron chi connectivity index (χ2n) is 10.1. The van der Waals surface area contributed by atoms with Crippen LogP contribution in [0.15, 0.2) is 53.3 Å². The number of para-hydroxylation sites is 1. The first-order valence-corrected chi connectivity index (χ1v) is 13.9. The minimum atomic E-state index is -0.445. The average Bonchev–Trinajstić information content (AvgIpc) is 3.31. The lowest BCUT2D eigenvalue weighted by molar-refractivity contribution is -0.119. The van der Waals surface area contributed by atoms with Crippen LogP contribution in [0.3, 0.4) is 0 Å². The average molecular weight is 600 g/mol. The number of aromatic nitrogens is 4. The van der Waals surface area contributed by atoms with E-state index in [9.17, 15) is 14.4 Å². The number of fused-ring (bicyclic) bond motifs is 3. The van der Waals surface area contributed by atoms with E-state index >= 15 is 0 Å². The number of hydrogen-bond donors (Lipinski definition) is 3. The molecule has 0 spiro atoms. The highest BCUT2D eigenvalue weighted by Crippen LogP contribution is 2.50. The summed E-state index contributed by atoms with van der Waals surface area (Å²) in [5, 5.41) is 20.9. The summed E-state index contributed by atoms with van der Waals surface area (Å²) in [6.45, 7) is 1.25. The number of carbonyl (C=O) groups is 2. The summed E-state index contributed by atoms with van der Waals surface area (Å²) in [6, 6.07) is 13.5. The highest BCUT2D eigenvalue weighted by atomic mass is 16.5. The molecule has 0 fully saturated rings. The highest BCUT2D eigenvalue weighted by molar-refractivity contribution is 5.97. The number of carbonyl (C=O) groups excluding carboxylic acids is 2. The van der Waals surface area contributed by atoms with Crippen molar-refractivity contribution in [3.05, 3.63) is 69.9 Å². The van der Waals surface area contributed by atoms with Crippen LogP contribution in [0.1, 0.15) is 30.5 Å². The molecule has 0 aliphatic heterocycles. The third-order valence-corrected chi connectivity index (χ3v) is 7.31. The molecule has 44 heavy (non-hydrogen) atoms. The molecule has 2 amide bonds. The van der Waals surface area contributed by atoms with Crippen LogP contribution in [0.4, 0.5) is 11.4 Å². The molecule has 228 valence electrons. The summed E-state index contributed by atoms with van der Waals surface area (Å²) in [4.78, 5) is 40.0. The third kappa shape index (κ3) is 6.02. The Morgan fingerprint density at radius 3 is 2.43 bits per heavy atom. The standard InChI is InChI=1S/C31H33N7O6/c1-17(39)33-23-12-10-18-14-26(42-3)29(43-4)30(44-5)28(18)19-11-13-24(25(40)15-21(19)23)32-16-27(41)34-22-9-7-6-8-20(22)31-35-37-38(2)36-31/h6-9,11,13-15,23H,10,12,16H2,1-5H3,(H,32,40)(H,33,39)(H,34,41)/t23-/m0/s1. The van der Waals surface area contributed by atoms with Gasteiger partial charge in [-0.2, -0.15) is 4.80 Å². The van der Waals surface area contributed by atoms with Crippen molar-refractivity contribution in [1.82, 2.24) is 25.5 Å². The zero-order valence-corrected chi connectivity index (χ0v) is 25.1. The van der Waals surface area contributed by atoms with Crippen LogP contribution in [0.5, 0.6) is 17.2 Å². The Kier molecular flexibility index (Phi) is 8.74. The van der Waals surface area contributed by atoms with Gasteiger partial charge in [-0.15, -0.1) is 10.2 Å². The molecule has 13 nitrogen and oxygen atoms in total. The molecule has 1 aliphatic carbocycles. The first kappa shape index (κ1) is 30.0. The molecule has 1 atom stereocenters. The molecule has 0 saturated carbocycles. The van der Waals surface area contributed by atoms with Gasteiger partial charge in [0.2, 0.25) is 28.8 Å². The number of methoxy groups -OCH3 is 3. The van der Waals surface area contributed by atoms with Crippen molar-refractivity contribution in [2.45, 2.75) is 25.8 Å². The molecule has 0 bridgehead atoms. The molecule has 5 rings (SSSR count). The van der Waals surface area contributed by atoms with Gasteiger partial charge in [-0.05, 0) is 65.1 Å². The van der Waals surface area contributed by atoms with Crippen LogP contribution in [0, 0.1) is 0 Å². The van der Waals surface area contributed by atoms with Crippen LogP contribution in [-0.4, -0.2) is 59.9 Å². The number of aryl methyl sites for hydroxylation is 2. The molecular formula is C31H33N7O6. The van der Waals surface area contributed by atoms with Gasteiger partial charge in [0.15, 0.2) is 11.5 Å². The van der Waals surface area contributed by atoms with Crippen molar-refractivity contribution in [2.24, 2.45) is 7.05 Å². The van der Waals surface area contributed by atoms with Gasteiger partial charge in [0.25, 0.3) is 0 Å². The van der Waals surface area contributed by atoms with Crippen LogP contribution in [0.25, 0.3) is 22.5 Å². The minimum Gasteiger partial charge on any atom is -0.493 e. The van der Waals surface area contributed by atoms with Gasteiger partial charge in [-0.25, -0.2) is 0 Å². The Labute approximate surface area is 253 Å². The van der Waals surface area contributed by atoms with Crippen LogP contribution in [0.2, 0.25) is 0 Å². The number of benzene rings is 2. The van der Waals surface area contributed by atoms with Crippen molar-refractivity contribution in [2.75, 3.05) is 38.5 Å². The Morgan fingerprint density at radius 1 is 0.977 bits per heavy atom. The SMILES string of the molecule is COc1cc2c(c(OC)c1OC)-c1ccc(NCC(=O)Nc3ccccc3-c3nnn(C)n3)c(=O)cc1[C@@H](NC(C)=O)CC2. The molecule has 1 aromatic heterocycles. The minimum absolute atomic E-state index is 0.188. The normalized spacial score (nSPS) is 13.5. The smallest absolute Gasteiger partial charge is 0.243 e. The zero-order chi connectivity index (χ0) is 31.4. The van der Waals surface area contributed by atoms with Crippen LogP contribution >= 0.6 is 0 Å². The molecular weight excluding hydrogens is 566 g/mol. The summed E-state index contributed by atoms with van der Waals surface area (Å²) in [5.41, 5.74) is 3.94. The first-order valence-electron chi connectivity index (χ1n) is 13.9. The van der Waals surface area contributed by atoms with Gasteiger partial charge in [-0.3, -0.25) is 14.4 Å². The number of nitrogens with one attached hydrogen (secondary N) is 3. The lowest BCUT2D eigenvalue weighted by Crippen LogP contribution is -2.27. The second kappa shape index (κ2) is 12.8. The summed E-state index contributed by atoms with van der Waals surface area (Å²) < 4.78 is 17.0. The van der Waals surface area contributed by atoms with Gasteiger partial charge in [0.05, 0.1) is 52.3 Å². The largest absolute Gasteiger partial charge is 0.493 e. The summed E-state index contributed by atoms with van der Waals surface area (Å²) in [5.74, 6) is 1.15. The Morgan fingerprint density at radius 2 is 1.75 bits per heavy atom. The van der Waals surface area contributed by atoms with E-state index in [1.807, 2.05) is 12.1 Å². The molecule has 13 heteroatoms. The molecule has 0 saturated heterocycles. The number of hydrogen-bond acceptors (Lipinski definition) is 10. The third-order valence-electron chi connectivity index (χ3n) is 7.31. The lowest BCUT2D eigenvalue weighted by Gasteiger charge is -2.19. The number of amides is 2. The molecule has 3 N–H and O–H groups in total. The fourth-order valence-corrected chi connectivity index (χ4v) is 5.40. The molecule has 0 radical (unpaired) electrons. The van der Waals surface area contributed by atoms with E-state index in [1.54, 1.807) is 51.6 Å². The number of anilines is 2. The van der Waals surface area contributed by atoms with Gasteiger partial charge in [0.1, 0.15) is 0 Å². The quantitative estimate of drug-likeness (QED) is 0.261. The fourth-order valence-electron chi connectivity index (χ4n) is 5.40. The molecule has 4 aromatic rings. The van der Waals surface area contributed by atoms with E-state index in [2.05, 4.69) is 31.4 Å². The monoisotopic (exact) mass is 599 g/mol. The van der Waals surface area contributed by atoms with Gasteiger partial charge >= 0.3 is 0 Å². The van der Waals surface area contributed by atoms with Crippen molar-refractivity contribution < 1.29 is 23.8 Å². The second-order valence-corrected chi connectivity index (χ2v) is 10.1. The van der Waals surface area contributed by atoms with Gasteiger partial charge in [-0.1, -0.05) is 18.2 Å². The zero-order valence-electron chi connectivity index (χ0n) is 25.1. The predicted octanol–water partition coefficient (Wildman–Crippen LogP) is 3.10. The first-order chi connectivity index (χ1) is 21.2. The fraction of sp³-hybridized carbons (Fsp3) is 0.290. The van der Waals surface area contributed by atoms with Crippen molar-refractivity contribution in [3.63, 3.8) is 0 Å². The number of rotatable bonds is 9. The van der Waals surface area contributed by atoms with Crippen LogP contribution in [-0.2, 0) is 23.1 Å². The maximum absolute atomic E-state index is 13.5. The van der Waals surface area contributed by atoms with Crippen LogP contribution < -0.4 is 35.6 Å². The van der Waals surface area contributed by atoms with Crippen molar-refractivity contribution >= 4 is 23.2 Å². The van der Waals surface area contributed by atoms with Crippen molar-refractivity contribution in [1.29, 1.82) is 0 Å². The molecule has 3 aromatic carbocycles. The summed E-state index contributed by atoms with van der Waals surface area (Å²) in [7, 11) is 6.28. The summed E-state index contributed by atoms with van der Waals surface area (Å²) in [6.07, 6.45) is 1.12. The van der Waals surface area contributed by atoms with Gasteiger partial charge < -0.3 is 30.2 Å². The van der Waals surface area contributed by atoms with Gasteiger partial charge in [0, 0.05) is 18.1 Å². The predicted molar refractivity (Wildman–Crippen MR) is 164 cm³/mol. The number of ether oxygens (including phenoxy) is 3. The number of tetrazole rings is 1. The van der Waals surface area contributed by atoms with E-state index in [0.29, 0.717) is 58.3 Å². The topological polar surface area (TPSA) is 159 Å². The molecule has 0 unspecified atom stereocenters. The Hall–Kier alpha value is -5.46. The maximum Gasteiger partial charge on any atom is 0.243 e. The van der Waals surface area contributed by atoms with Crippen molar-refractivity contribution in [3.8, 4) is 39.8 Å². The Bertz CT molecular complexity index is 1790. The van der Waals surface area contributed by atoms with E-state index in [4.69, 9.17) is 14.2 Å². The van der Waals surface area contributed by atoms with E-state index in [-0.39, 0.29) is 29.5 Å². The molecule has 1 heterocycles. The van der Waals surface area contributed by atoms with E-state index < -0.39 is 6.04 Å². The Balaban J connectivity index is 1.50. The molecule has 1 aliphatic rings. The highest BCUT2D eigenvalue weighted by Gasteiger charge is 2.29. The van der Waals surface area contributed by atoms with E-state index in [1.165, 1.54) is 24.9 Å². The summed E-state index contributed by atoms with van der Waals surface area (Å²) >= 11 is 0. The number of nitrogens with zero attached hydrogens (tertiary/aromatic N) is 4. The van der Waals surface area contributed by atoms with E-state index in [0.717, 1.165) is 11.1 Å². The maximum atomic E-state index is 13.5. The lowest BCUT2D eigenvalue weighted by atomic mass is 9.95.